The number of nitrogens with zero attached hydrogens (tertiary/aromatic N) is 1. The summed E-state index contributed by atoms with van der Waals surface area (Å²) in [7, 11) is 0. The van der Waals surface area contributed by atoms with E-state index in [2.05, 4.69) is 16.0 Å². The molecule has 2 rings (SSSR count). The number of carbonyl (C=O) groups is 2. The Bertz CT molecular complexity index is 854. The molecule has 126 valence electrons. The van der Waals surface area contributed by atoms with Crippen molar-refractivity contribution >= 4 is 28.9 Å². The lowest BCUT2D eigenvalue weighted by atomic mass is 10.2. The minimum absolute atomic E-state index is 0.171. The smallest absolute Gasteiger partial charge is 0.267 e. The molecule has 0 spiro atoms. The molecule has 0 aliphatic rings. The van der Waals surface area contributed by atoms with Gasteiger partial charge < -0.3 is 16.0 Å². The maximum Gasteiger partial charge on any atom is 0.267 e. The molecule has 0 heterocycles. The van der Waals surface area contributed by atoms with Gasteiger partial charge in [0.15, 0.2) is 0 Å². The van der Waals surface area contributed by atoms with Gasteiger partial charge in [-0.25, -0.2) is 4.39 Å². The van der Waals surface area contributed by atoms with Crippen LogP contribution in [0.5, 0.6) is 0 Å². The quantitative estimate of drug-likeness (QED) is 0.576. The number of benzene rings is 2. The van der Waals surface area contributed by atoms with Gasteiger partial charge in [0.2, 0.25) is 5.91 Å². The van der Waals surface area contributed by atoms with Gasteiger partial charge in [0, 0.05) is 30.2 Å². The molecular formula is C18H15FN4O2. The van der Waals surface area contributed by atoms with Crippen LogP contribution in [0.1, 0.15) is 6.92 Å². The van der Waals surface area contributed by atoms with Gasteiger partial charge in [0.25, 0.3) is 5.91 Å². The van der Waals surface area contributed by atoms with Crippen LogP contribution in [0.2, 0.25) is 0 Å². The highest BCUT2D eigenvalue weighted by Crippen LogP contribution is 2.15. The number of carbonyl (C=O) groups excluding carboxylic acids is 2. The predicted molar refractivity (Wildman–Crippen MR) is 93.1 cm³/mol. The monoisotopic (exact) mass is 338 g/mol. The Labute approximate surface area is 144 Å². The van der Waals surface area contributed by atoms with Gasteiger partial charge in [0.1, 0.15) is 17.5 Å². The van der Waals surface area contributed by atoms with E-state index in [-0.39, 0.29) is 11.5 Å². The fourth-order valence-corrected chi connectivity index (χ4v) is 1.92. The molecule has 2 aromatic carbocycles. The van der Waals surface area contributed by atoms with Crippen molar-refractivity contribution in [1.82, 2.24) is 0 Å². The molecule has 0 fully saturated rings. The van der Waals surface area contributed by atoms with Gasteiger partial charge >= 0.3 is 0 Å². The highest BCUT2D eigenvalue weighted by Gasteiger charge is 2.09. The number of hydrogen-bond acceptors (Lipinski definition) is 4. The average molecular weight is 338 g/mol. The zero-order valence-corrected chi connectivity index (χ0v) is 13.3. The fourth-order valence-electron chi connectivity index (χ4n) is 1.92. The number of nitrogens with one attached hydrogen (secondary N) is 3. The van der Waals surface area contributed by atoms with Crippen LogP contribution < -0.4 is 16.0 Å². The zero-order valence-electron chi connectivity index (χ0n) is 13.3. The first-order valence-electron chi connectivity index (χ1n) is 7.29. The summed E-state index contributed by atoms with van der Waals surface area (Å²) >= 11 is 0. The molecule has 6 nitrogen and oxygen atoms in total. The van der Waals surface area contributed by atoms with E-state index < -0.39 is 11.7 Å². The van der Waals surface area contributed by atoms with Crippen LogP contribution in [-0.4, -0.2) is 11.8 Å². The van der Waals surface area contributed by atoms with E-state index in [1.54, 1.807) is 36.4 Å². The van der Waals surface area contributed by atoms with Gasteiger partial charge in [-0.2, -0.15) is 5.26 Å². The molecule has 0 atom stereocenters. The SMILES string of the molecule is CC(=O)Nc1ccc(NC(=O)/C(C#N)=C\Nc2cccc(F)c2)cc1. The molecule has 25 heavy (non-hydrogen) atoms. The van der Waals surface area contributed by atoms with Gasteiger partial charge in [-0.1, -0.05) is 6.07 Å². The highest BCUT2D eigenvalue weighted by molar-refractivity contribution is 6.06. The summed E-state index contributed by atoms with van der Waals surface area (Å²) in [4.78, 5) is 23.1. The largest absolute Gasteiger partial charge is 0.360 e. The first-order chi connectivity index (χ1) is 12.0. The number of nitriles is 1. The van der Waals surface area contributed by atoms with Crippen LogP contribution in [0.25, 0.3) is 0 Å². The third kappa shape index (κ3) is 5.48. The minimum Gasteiger partial charge on any atom is -0.360 e. The summed E-state index contributed by atoms with van der Waals surface area (Å²) in [5.41, 5.74) is 1.30. The lowest BCUT2D eigenvalue weighted by Crippen LogP contribution is -2.14. The Morgan fingerprint density at radius 1 is 1.04 bits per heavy atom. The Kier molecular flexibility index (Phi) is 5.85. The van der Waals surface area contributed by atoms with E-state index in [1.165, 1.54) is 31.3 Å². The molecule has 0 saturated heterocycles. The van der Waals surface area contributed by atoms with Crippen LogP contribution >= 0.6 is 0 Å². The first-order valence-corrected chi connectivity index (χ1v) is 7.29. The van der Waals surface area contributed by atoms with Crippen molar-refractivity contribution in [1.29, 1.82) is 5.26 Å². The molecule has 2 aromatic rings. The molecule has 0 unspecified atom stereocenters. The standard InChI is InChI=1S/C18H15FN4O2/c1-12(24)22-15-5-7-16(8-6-15)23-18(25)13(10-20)11-21-17-4-2-3-14(19)9-17/h2-9,11,21H,1H3,(H,22,24)(H,23,25)/b13-11-. The van der Waals surface area contributed by atoms with Crippen LogP contribution in [0, 0.1) is 17.1 Å². The van der Waals surface area contributed by atoms with Crippen molar-refractivity contribution in [3.05, 3.63) is 66.1 Å². The van der Waals surface area contributed by atoms with E-state index in [0.717, 1.165) is 0 Å². The van der Waals surface area contributed by atoms with Crippen molar-refractivity contribution in [2.24, 2.45) is 0 Å². The van der Waals surface area contributed by atoms with Crippen LogP contribution in [0.3, 0.4) is 0 Å². The fraction of sp³-hybridized carbons (Fsp3) is 0.0556. The summed E-state index contributed by atoms with van der Waals surface area (Å²) in [6.07, 6.45) is 1.20. The minimum atomic E-state index is -0.612. The van der Waals surface area contributed by atoms with Gasteiger partial charge in [-0.3, -0.25) is 9.59 Å². The molecule has 0 aliphatic carbocycles. The van der Waals surface area contributed by atoms with Gasteiger partial charge in [-0.05, 0) is 42.5 Å². The number of halogens is 1. The van der Waals surface area contributed by atoms with E-state index >= 15 is 0 Å². The number of rotatable bonds is 5. The Morgan fingerprint density at radius 3 is 2.24 bits per heavy atom. The second kappa shape index (κ2) is 8.26. The van der Waals surface area contributed by atoms with E-state index in [4.69, 9.17) is 5.26 Å². The topological polar surface area (TPSA) is 94.0 Å². The third-order valence-corrected chi connectivity index (χ3v) is 3.04. The van der Waals surface area contributed by atoms with E-state index in [0.29, 0.717) is 17.1 Å². The number of hydrogen-bond donors (Lipinski definition) is 3. The number of amides is 2. The van der Waals surface area contributed by atoms with Crippen LogP contribution in [0.4, 0.5) is 21.5 Å². The van der Waals surface area contributed by atoms with E-state index in [9.17, 15) is 14.0 Å². The Morgan fingerprint density at radius 2 is 1.68 bits per heavy atom. The average Bonchev–Trinajstić information content (AvgIpc) is 2.57. The second-order valence-electron chi connectivity index (χ2n) is 5.04. The van der Waals surface area contributed by atoms with Crippen molar-refractivity contribution in [2.45, 2.75) is 6.92 Å². The summed E-state index contributed by atoms with van der Waals surface area (Å²) in [5.74, 6) is -1.24. The molecule has 0 saturated carbocycles. The molecule has 3 N–H and O–H groups in total. The molecule has 0 bridgehead atoms. The maximum absolute atomic E-state index is 13.1. The molecule has 0 aromatic heterocycles. The first kappa shape index (κ1) is 17.7. The Hall–Kier alpha value is -3.66. The molecular weight excluding hydrogens is 323 g/mol. The summed E-state index contributed by atoms with van der Waals surface area (Å²) in [5, 5.41) is 17.0. The second-order valence-corrected chi connectivity index (χ2v) is 5.04. The highest BCUT2D eigenvalue weighted by atomic mass is 19.1. The molecule has 7 heteroatoms. The van der Waals surface area contributed by atoms with Crippen molar-refractivity contribution in [2.75, 3.05) is 16.0 Å². The zero-order chi connectivity index (χ0) is 18.2. The van der Waals surface area contributed by atoms with Crippen molar-refractivity contribution in [3.8, 4) is 6.07 Å². The summed E-state index contributed by atoms with van der Waals surface area (Å²) in [6.45, 7) is 1.39. The number of anilines is 3. The third-order valence-electron chi connectivity index (χ3n) is 3.04. The lowest BCUT2D eigenvalue weighted by Gasteiger charge is -2.07. The molecule has 0 radical (unpaired) electrons. The maximum atomic E-state index is 13.1. The summed E-state index contributed by atoms with van der Waals surface area (Å²) in [6, 6.07) is 13.9. The lowest BCUT2D eigenvalue weighted by molar-refractivity contribution is -0.114. The summed E-state index contributed by atoms with van der Waals surface area (Å²) < 4.78 is 13.1. The normalized spacial score (nSPS) is 10.5. The van der Waals surface area contributed by atoms with Crippen LogP contribution in [0.15, 0.2) is 60.3 Å². The Balaban J connectivity index is 2.03. The van der Waals surface area contributed by atoms with Gasteiger partial charge in [-0.15, -0.1) is 0 Å². The van der Waals surface area contributed by atoms with Crippen LogP contribution in [-0.2, 0) is 9.59 Å². The van der Waals surface area contributed by atoms with E-state index in [1.807, 2.05) is 0 Å². The molecule has 0 aliphatic heterocycles. The molecule has 2 amide bonds. The van der Waals surface area contributed by atoms with Crippen molar-refractivity contribution in [3.63, 3.8) is 0 Å². The van der Waals surface area contributed by atoms with Crippen molar-refractivity contribution < 1.29 is 14.0 Å². The predicted octanol–water partition coefficient (Wildman–Crippen LogP) is 3.24. The van der Waals surface area contributed by atoms with Gasteiger partial charge in [0.05, 0.1) is 0 Å².